The molecule has 0 spiro atoms. The highest BCUT2D eigenvalue weighted by Crippen LogP contribution is 2.33. The number of rotatable bonds is 5. The van der Waals surface area contributed by atoms with Gasteiger partial charge in [0.15, 0.2) is 0 Å². The van der Waals surface area contributed by atoms with Crippen molar-refractivity contribution in [3.8, 4) is 0 Å². The minimum Gasteiger partial charge on any atom is -0.368 e. The highest BCUT2D eigenvalue weighted by molar-refractivity contribution is 6.43. The van der Waals surface area contributed by atoms with Crippen LogP contribution in [0.4, 0.5) is 19.3 Å². The van der Waals surface area contributed by atoms with E-state index >= 15 is 0 Å². The smallest absolute Gasteiger partial charge is 0.317 e. The number of anilines is 1. The fraction of sp³-hybridized carbons (Fsp3) is 0.708. The Labute approximate surface area is 205 Å². The number of alkyl halides is 2. The van der Waals surface area contributed by atoms with Crippen molar-refractivity contribution < 1.29 is 13.6 Å². The standard InChI is InChI=1S/C24H34Cl2F2N4O/c25-20-2-1-3-21(22(20)26)31-16-14-30(15-17-31)11-8-18-4-6-19(7-5-18)29-23(33)32-12-9-24(27,28)10-13-32/h1-3,18-19H,4-17H2,(H,29,33). The number of nitrogens with one attached hydrogen (secondary N) is 1. The van der Waals surface area contributed by atoms with Crippen molar-refractivity contribution in [3.63, 3.8) is 0 Å². The lowest BCUT2D eigenvalue weighted by molar-refractivity contribution is -0.0471. The Hall–Kier alpha value is -1.31. The van der Waals surface area contributed by atoms with Gasteiger partial charge < -0.3 is 15.1 Å². The van der Waals surface area contributed by atoms with E-state index < -0.39 is 5.92 Å². The summed E-state index contributed by atoms with van der Waals surface area (Å²) in [6.07, 6.45) is 4.89. The molecular formula is C24H34Cl2F2N4O. The second-order valence-corrected chi connectivity index (χ2v) is 10.5. The molecule has 0 bridgehead atoms. The highest BCUT2D eigenvalue weighted by Gasteiger charge is 2.36. The number of piperidine rings is 1. The van der Waals surface area contributed by atoms with Gasteiger partial charge in [0.05, 0.1) is 15.7 Å². The lowest BCUT2D eigenvalue weighted by Crippen LogP contribution is -2.50. The van der Waals surface area contributed by atoms with E-state index in [2.05, 4.69) is 15.1 Å². The van der Waals surface area contributed by atoms with Crippen molar-refractivity contribution in [1.82, 2.24) is 15.1 Å². The SMILES string of the molecule is O=C(NC1CCC(CCN2CCN(c3cccc(Cl)c3Cl)CC2)CC1)N1CCC(F)(F)CC1. The molecule has 2 aliphatic heterocycles. The van der Waals surface area contributed by atoms with Gasteiger partial charge in [0.1, 0.15) is 0 Å². The van der Waals surface area contributed by atoms with Crippen molar-refractivity contribution in [2.45, 2.75) is 56.9 Å². The van der Waals surface area contributed by atoms with Crippen LogP contribution < -0.4 is 10.2 Å². The Morgan fingerprint density at radius 1 is 1.00 bits per heavy atom. The van der Waals surface area contributed by atoms with E-state index in [4.69, 9.17) is 23.2 Å². The molecule has 1 aromatic carbocycles. The number of hydrogen-bond acceptors (Lipinski definition) is 3. The lowest BCUT2D eigenvalue weighted by atomic mass is 9.84. The normalized spacial score (nSPS) is 26.3. The lowest BCUT2D eigenvalue weighted by Gasteiger charge is -2.38. The largest absolute Gasteiger partial charge is 0.368 e. The Morgan fingerprint density at radius 3 is 2.33 bits per heavy atom. The molecule has 1 saturated carbocycles. The number of likely N-dealkylation sites (tertiary alicyclic amines) is 1. The number of urea groups is 1. The zero-order chi connectivity index (χ0) is 23.4. The van der Waals surface area contributed by atoms with Crippen LogP contribution in [0.3, 0.4) is 0 Å². The van der Waals surface area contributed by atoms with Gasteiger partial charge in [0.25, 0.3) is 5.92 Å². The maximum atomic E-state index is 13.3. The number of hydrogen-bond donors (Lipinski definition) is 1. The van der Waals surface area contributed by atoms with Gasteiger partial charge in [-0.1, -0.05) is 29.3 Å². The van der Waals surface area contributed by atoms with Crippen LogP contribution >= 0.6 is 23.2 Å². The molecule has 0 aromatic heterocycles. The molecule has 184 valence electrons. The van der Waals surface area contributed by atoms with Crippen LogP contribution in [0.2, 0.25) is 10.0 Å². The van der Waals surface area contributed by atoms with Crippen LogP contribution in [-0.4, -0.2) is 73.6 Å². The Bertz CT molecular complexity index is 802. The van der Waals surface area contributed by atoms with Gasteiger partial charge in [-0.2, -0.15) is 0 Å². The van der Waals surface area contributed by atoms with E-state index in [0.717, 1.165) is 64.1 Å². The third-order valence-corrected chi connectivity index (χ3v) is 8.26. The highest BCUT2D eigenvalue weighted by atomic mass is 35.5. The molecule has 33 heavy (non-hydrogen) atoms. The van der Waals surface area contributed by atoms with E-state index in [0.29, 0.717) is 16.0 Å². The summed E-state index contributed by atoms with van der Waals surface area (Å²) in [5, 5.41) is 4.31. The molecule has 3 aliphatic rings. The molecular weight excluding hydrogens is 469 g/mol. The van der Waals surface area contributed by atoms with Crippen LogP contribution in [0.25, 0.3) is 0 Å². The zero-order valence-corrected chi connectivity index (χ0v) is 20.6. The maximum Gasteiger partial charge on any atom is 0.317 e. The number of carbonyl (C=O) groups is 1. The van der Waals surface area contributed by atoms with Crippen molar-refractivity contribution in [2.24, 2.45) is 5.92 Å². The molecule has 2 heterocycles. The number of halogens is 4. The summed E-state index contributed by atoms with van der Waals surface area (Å²) in [6, 6.07) is 5.79. The van der Waals surface area contributed by atoms with E-state index in [1.54, 1.807) is 4.90 Å². The molecule has 1 N–H and O–H groups in total. The monoisotopic (exact) mass is 502 g/mol. The molecule has 2 amide bonds. The summed E-state index contributed by atoms with van der Waals surface area (Å²) in [5.41, 5.74) is 1.02. The Balaban J connectivity index is 1.12. The molecule has 1 aromatic rings. The molecule has 0 radical (unpaired) electrons. The van der Waals surface area contributed by atoms with Gasteiger partial charge in [-0.15, -0.1) is 0 Å². The predicted octanol–water partition coefficient (Wildman–Crippen LogP) is 5.51. The van der Waals surface area contributed by atoms with Crippen LogP contribution in [0.15, 0.2) is 18.2 Å². The zero-order valence-electron chi connectivity index (χ0n) is 19.0. The molecule has 9 heteroatoms. The first-order valence-electron chi connectivity index (χ1n) is 12.2. The fourth-order valence-electron chi connectivity index (χ4n) is 5.21. The van der Waals surface area contributed by atoms with Gasteiger partial charge in [-0.25, -0.2) is 13.6 Å². The Kier molecular flexibility index (Phi) is 8.24. The number of benzene rings is 1. The van der Waals surface area contributed by atoms with Crippen molar-refractivity contribution in [2.75, 3.05) is 50.7 Å². The van der Waals surface area contributed by atoms with E-state index in [1.165, 1.54) is 6.42 Å². The van der Waals surface area contributed by atoms with Gasteiger partial charge in [0, 0.05) is 58.2 Å². The molecule has 0 unspecified atom stereocenters. The summed E-state index contributed by atoms with van der Waals surface area (Å²) >= 11 is 12.5. The first-order valence-corrected chi connectivity index (χ1v) is 12.9. The Morgan fingerprint density at radius 2 is 1.67 bits per heavy atom. The van der Waals surface area contributed by atoms with Crippen LogP contribution in [0.5, 0.6) is 0 Å². The van der Waals surface area contributed by atoms with Crippen LogP contribution in [0.1, 0.15) is 44.9 Å². The first-order chi connectivity index (χ1) is 15.8. The third-order valence-electron chi connectivity index (χ3n) is 7.45. The maximum absolute atomic E-state index is 13.3. The quantitative estimate of drug-likeness (QED) is 0.577. The third kappa shape index (κ3) is 6.64. The summed E-state index contributed by atoms with van der Waals surface area (Å²) in [6.45, 7) is 5.31. The summed E-state index contributed by atoms with van der Waals surface area (Å²) in [7, 11) is 0. The van der Waals surface area contributed by atoms with Gasteiger partial charge in [-0.05, 0) is 56.7 Å². The first kappa shape index (κ1) is 24.8. The van der Waals surface area contributed by atoms with Crippen molar-refractivity contribution >= 4 is 34.9 Å². The van der Waals surface area contributed by atoms with Crippen molar-refractivity contribution in [1.29, 1.82) is 0 Å². The predicted molar refractivity (Wildman–Crippen MR) is 130 cm³/mol. The molecule has 2 saturated heterocycles. The minimum atomic E-state index is -2.62. The van der Waals surface area contributed by atoms with E-state index in [1.807, 2.05) is 18.2 Å². The molecule has 5 nitrogen and oxygen atoms in total. The second kappa shape index (κ2) is 11.0. The van der Waals surface area contributed by atoms with E-state index in [9.17, 15) is 13.6 Å². The summed E-state index contributed by atoms with van der Waals surface area (Å²) < 4.78 is 26.6. The topological polar surface area (TPSA) is 38.8 Å². The van der Waals surface area contributed by atoms with Crippen LogP contribution in [0, 0.1) is 5.92 Å². The van der Waals surface area contributed by atoms with Crippen LogP contribution in [-0.2, 0) is 0 Å². The van der Waals surface area contributed by atoms with Gasteiger partial charge in [0.2, 0.25) is 0 Å². The average molecular weight is 503 g/mol. The molecule has 3 fully saturated rings. The minimum absolute atomic E-state index is 0.144. The fourth-order valence-corrected chi connectivity index (χ4v) is 5.63. The number of amides is 2. The van der Waals surface area contributed by atoms with Gasteiger partial charge in [-0.3, -0.25) is 4.90 Å². The molecule has 0 atom stereocenters. The number of carbonyl (C=O) groups excluding carboxylic acids is 1. The second-order valence-electron chi connectivity index (χ2n) is 9.70. The molecule has 4 rings (SSSR count). The van der Waals surface area contributed by atoms with Crippen molar-refractivity contribution in [3.05, 3.63) is 28.2 Å². The average Bonchev–Trinajstić information content (AvgIpc) is 2.81. The number of piperazine rings is 1. The van der Waals surface area contributed by atoms with E-state index in [-0.39, 0.29) is 38.0 Å². The number of nitrogens with zero attached hydrogens (tertiary/aromatic N) is 3. The van der Waals surface area contributed by atoms with Gasteiger partial charge >= 0.3 is 6.03 Å². The summed E-state index contributed by atoms with van der Waals surface area (Å²) in [5.74, 6) is -1.93. The summed E-state index contributed by atoms with van der Waals surface area (Å²) in [4.78, 5) is 18.8. The molecule has 1 aliphatic carbocycles.